The summed E-state index contributed by atoms with van der Waals surface area (Å²) < 4.78 is 13.7. The monoisotopic (exact) mass is 411 g/mol. The molecule has 9 heteroatoms. The Morgan fingerprint density at radius 3 is 2.93 bits per heavy atom. The van der Waals surface area contributed by atoms with E-state index in [-0.39, 0.29) is 12.2 Å². The fraction of sp³-hybridized carbons (Fsp3) is 0.400. The second-order valence-electron chi connectivity index (χ2n) is 7.40. The quantitative estimate of drug-likeness (QED) is 0.513. The standard InChI is InChI=1S/C20H21N5O3S/c1-11-4-5-12-15(8-11)29-19-16(12)18-23-25(20(26)24(18)10-22-19)9-13-17(28-3)14(27-2)6-7-21-13/h6-7,10-11H,4-5,8-9H2,1-3H3/t11-/m0/s1. The number of aryl methyl sites for hydroxylation is 1. The second kappa shape index (κ2) is 6.84. The van der Waals surface area contributed by atoms with Crippen LogP contribution in [0.25, 0.3) is 15.9 Å². The summed E-state index contributed by atoms with van der Waals surface area (Å²) in [7, 11) is 3.13. The first-order valence-electron chi connectivity index (χ1n) is 9.55. The highest BCUT2D eigenvalue weighted by Gasteiger charge is 2.24. The lowest BCUT2D eigenvalue weighted by Crippen LogP contribution is -2.22. The molecule has 29 heavy (non-hydrogen) atoms. The van der Waals surface area contributed by atoms with E-state index in [0.29, 0.717) is 28.8 Å². The molecule has 0 saturated carbocycles. The van der Waals surface area contributed by atoms with E-state index in [2.05, 4.69) is 22.0 Å². The summed E-state index contributed by atoms with van der Waals surface area (Å²) >= 11 is 1.72. The normalized spacial score (nSPS) is 16.3. The van der Waals surface area contributed by atoms with Crippen molar-refractivity contribution in [3.05, 3.63) is 45.2 Å². The minimum Gasteiger partial charge on any atom is -0.493 e. The maximum absolute atomic E-state index is 13.0. The molecule has 0 spiro atoms. The highest BCUT2D eigenvalue weighted by atomic mass is 32.1. The first-order valence-corrected chi connectivity index (χ1v) is 10.4. The topological polar surface area (TPSA) is 83.5 Å². The van der Waals surface area contributed by atoms with Crippen LogP contribution in [-0.2, 0) is 19.4 Å². The summed E-state index contributed by atoms with van der Waals surface area (Å²) in [5.41, 5.74) is 2.30. The number of nitrogens with zero attached hydrogens (tertiary/aromatic N) is 5. The van der Waals surface area contributed by atoms with Crippen molar-refractivity contribution >= 4 is 27.2 Å². The van der Waals surface area contributed by atoms with Crippen molar-refractivity contribution in [2.75, 3.05) is 14.2 Å². The van der Waals surface area contributed by atoms with E-state index in [1.807, 2.05) is 0 Å². The molecule has 1 aliphatic carbocycles. The molecule has 0 amide bonds. The SMILES string of the molecule is COc1ccnc(Cn2nc3c4c5c(sc4ncn3c2=O)C[C@@H](C)CC5)c1OC. The van der Waals surface area contributed by atoms with Gasteiger partial charge in [0.2, 0.25) is 0 Å². The summed E-state index contributed by atoms with van der Waals surface area (Å²) in [4.78, 5) is 24.2. The fourth-order valence-corrected chi connectivity index (χ4v) is 5.42. The lowest BCUT2D eigenvalue weighted by molar-refractivity contribution is 0.347. The van der Waals surface area contributed by atoms with Crippen molar-refractivity contribution in [2.45, 2.75) is 32.7 Å². The highest BCUT2D eigenvalue weighted by molar-refractivity contribution is 7.19. The maximum atomic E-state index is 13.0. The molecule has 0 saturated heterocycles. The minimum atomic E-state index is -0.245. The van der Waals surface area contributed by atoms with E-state index in [0.717, 1.165) is 29.5 Å². The van der Waals surface area contributed by atoms with Crippen LogP contribution in [0.2, 0.25) is 0 Å². The molecule has 1 atom stereocenters. The zero-order chi connectivity index (χ0) is 20.1. The molecule has 5 rings (SSSR count). The van der Waals surface area contributed by atoms with E-state index in [1.165, 1.54) is 19.5 Å². The van der Waals surface area contributed by atoms with E-state index in [4.69, 9.17) is 9.47 Å². The van der Waals surface area contributed by atoms with Crippen LogP contribution >= 0.6 is 11.3 Å². The predicted octanol–water partition coefficient (Wildman–Crippen LogP) is 2.69. The molecule has 0 N–H and O–H groups in total. The smallest absolute Gasteiger partial charge is 0.351 e. The molecule has 4 heterocycles. The number of ether oxygens (including phenoxy) is 2. The van der Waals surface area contributed by atoms with Crippen LogP contribution in [0.15, 0.2) is 23.4 Å². The molecule has 0 unspecified atom stereocenters. The molecule has 4 aromatic heterocycles. The van der Waals surface area contributed by atoms with Gasteiger partial charge in [0.1, 0.15) is 16.9 Å². The lowest BCUT2D eigenvalue weighted by atomic mass is 9.89. The third kappa shape index (κ3) is 2.79. The van der Waals surface area contributed by atoms with Crippen LogP contribution in [0, 0.1) is 5.92 Å². The highest BCUT2D eigenvalue weighted by Crippen LogP contribution is 2.38. The molecule has 1 aliphatic rings. The van der Waals surface area contributed by atoms with Gasteiger partial charge in [0.25, 0.3) is 0 Å². The van der Waals surface area contributed by atoms with Crippen LogP contribution in [0.3, 0.4) is 0 Å². The van der Waals surface area contributed by atoms with Crippen molar-refractivity contribution in [1.82, 2.24) is 24.1 Å². The van der Waals surface area contributed by atoms with Crippen LogP contribution in [0.5, 0.6) is 11.5 Å². The number of rotatable bonds is 4. The van der Waals surface area contributed by atoms with Gasteiger partial charge in [0.05, 0.1) is 26.2 Å². The Balaban J connectivity index is 1.66. The third-order valence-corrected chi connectivity index (χ3v) is 6.71. The molecule has 4 aromatic rings. The van der Waals surface area contributed by atoms with E-state index in [1.54, 1.807) is 44.1 Å². The summed E-state index contributed by atoms with van der Waals surface area (Å²) in [5, 5.41) is 5.68. The van der Waals surface area contributed by atoms with Gasteiger partial charge in [-0.2, -0.15) is 0 Å². The second-order valence-corrected chi connectivity index (χ2v) is 8.49. The van der Waals surface area contributed by atoms with Crippen molar-refractivity contribution in [1.29, 1.82) is 0 Å². The van der Waals surface area contributed by atoms with E-state index >= 15 is 0 Å². The Bertz CT molecular complexity index is 1290. The van der Waals surface area contributed by atoms with Crippen molar-refractivity contribution < 1.29 is 9.47 Å². The number of thiophene rings is 1. The third-order valence-electron chi connectivity index (χ3n) is 5.54. The molecule has 0 radical (unpaired) electrons. The average molecular weight is 411 g/mol. The Labute approximate surface area is 170 Å². The zero-order valence-electron chi connectivity index (χ0n) is 16.5. The van der Waals surface area contributed by atoms with Crippen molar-refractivity contribution in [2.24, 2.45) is 5.92 Å². The Hall–Kier alpha value is -2.94. The number of methoxy groups -OCH3 is 2. The van der Waals surface area contributed by atoms with Gasteiger partial charge in [0.15, 0.2) is 17.1 Å². The molecule has 0 aromatic carbocycles. The fourth-order valence-electron chi connectivity index (χ4n) is 4.07. The molecule has 8 nitrogen and oxygen atoms in total. The lowest BCUT2D eigenvalue weighted by Gasteiger charge is -2.17. The van der Waals surface area contributed by atoms with Gasteiger partial charge in [-0.1, -0.05) is 6.92 Å². The van der Waals surface area contributed by atoms with Crippen LogP contribution in [-0.4, -0.2) is 38.4 Å². The largest absolute Gasteiger partial charge is 0.493 e. The summed E-state index contributed by atoms with van der Waals surface area (Å²) in [6.45, 7) is 2.47. The van der Waals surface area contributed by atoms with Crippen molar-refractivity contribution in [3.63, 3.8) is 0 Å². The first kappa shape index (κ1) is 18.1. The predicted molar refractivity (Wildman–Crippen MR) is 110 cm³/mol. The average Bonchev–Trinajstić information content (AvgIpc) is 3.24. The maximum Gasteiger partial charge on any atom is 0.351 e. The van der Waals surface area contributed by atoms with Gasteiger partial charge < -0.3 is 9.47 Å². The molecule has 0 aliphatic heterocycles. The van der Waals surface area contributed by atoms with Crippen LogP contribution in [0.1, 0.15) is 29.5 Å². The van der Waals surface area contributed by atoms with E-state index < -0.39 is 0 Å². The van der Waals surface area contributed by atoms with E-state index in [9.17, 15) is 4.79 Å². The molecular formula is C20H21N5O3S. The van der Waals surface area contributed by atoms with Gasteiger partial charge in [-0.25, -0.2) is 18.9 Å². The zero-order valence-corrected chi connectivity index (χ0v) is 17.3. The van der Waals surface area contributed by atoms with Gasteiger partial charge >= 0.3 is 5.69 Å². The molecular weight excluding hydrogens is 390 g/mol. The molecule has 0 fully saturated rings. The summed E-state index contributed by atoms with van der Waals surface area (Å²) in [6, 6.07) is 1.72. The number of pyridine rings is 1. The number of fused-ring (bicyclic) bond motifs is 5. The van der Waals surface area contributed by atoms with Gasteiger partial charge in [-0.05, 0) is 30.7 Å². The van der Waals surface area contributed by atoms with Gasteiger partial charge in [-0.3, -0.25) is 4.98 Å². The van der Waals surface area contributed by atoms with Gasteiger partial charge in [0, 0.05) is 17.1 Å². The number of hydrogen-bond acceptors (Lipinski definition) is 7. The molecule has 150 valence electrons. The molecule has 0 bridgehead atoms. The Morgan fingerprint density at radius 2 is 2.14 bits per heavy atom. The number of hydrogen-bond donors (Lipinski definition) is 0. The summed E-state index contributed by atoms with van der Waals surface area (Å²) in [5.74, 6) is 1.75. The number of aromatic nitrogens is 5. The summed E-state index contributed by atoms with van der Waals surface area (Å²) in [6.07, 6.45) is 6.43. The van der Waals surface area contributed by atoms with Crippen LogP contribution in [0.4, 0.5) is 0 Å². The Kier molecular flexibility index (Phi) is 4.27. The minimum absolute atomic E-state index is 0.186. The van der Waals surface area contributed by atoms with Crippen LogP contribution < -0.4 is 15.2 Å². The first-order chi connectivity index (χ1) is 14.1. The van der Waals surface area contributed by atoms with Gasteiger partial charge in [-0.15, -0.1) is 16.4 Å². The van der Waals surface area contributed by atoms with Crippen molar-refractivity contribution in [3.8, 4) is 11.5 Å². The Morgan fingerprint density at radius 1 is 1.28 bits per heavy atom.